The summed E-state index contributed by atoms with van der Waals surface area (Å²) in [6, 6.07) is 6.11. The third kappa shape index (κ3) is 2.22. The molecule has 0 aliphatic heterocycles. The Morgan fingerprint density at radius 2 is 2.19 bits per heavy atom. The van der Waals surface area contributed by atoms with Gasteiger partial charge in [0.05, 0.1) is 4.90 Å². The summed E-state index contributed by atoms with van der Waals surface area (Å²) in [6.45, 7) is 0. The first-order chi connectivity index (χ1) is 7.66. The Labute approximate surface area is 94.1 Å². The van der Waals surface area contributed by atoms with E-state index in [2.05, 4.69) is 4.98 Å². The molecule has 0 saturated carbocycles. The van der Waals surface area contributed by atoms with Gasteiger partial charge in [-0.1, -0.05) is 12.1 Å². The Bertz CT molecular complexity index is 526. The van der Waals surface area contributed by atoms with Crippen LogP contribution in [0.4, 0.5) is 4.39 Å². The van der Waals surface area contributed by atoms with Crippen LogP contribution in [-0.2, 0) is 0 Å². The summed E-state index contributed by atoms with van der Waals surface area (Å²) in [6.07, 6.45) is 1.02. The summed E-state index contributed by atoms with van der Waals surface area (Å²) < 4.78 is 18.1. The highest BCUT2D eigenvalue weighted by Crippen LogP contribution is 2.28. The van der Waals surface area contributed by atoms with Crippen molar-refractivity contribution in [2.75, 3.05) is 0 Å². The summed E-state index contributed by atoms with van der Waals surface area (Å²) in [4.78, 5) is 14.5. The molecular weight excluding hydrogens is 233 g/mol. The van der Waals surface area contributed by atoms with Crippen molar-refractivity contribution in [3.05, 3.63) is 42.0 Å². The molecule has 0 spiro atoms. The Morgan fingerprint density at radius 3 is 2.81 bits per heavy atom. The zero-order chi connectivity index (χ0) is 11.5. The van der Waals surface area contributed by atoms with Crippen molar-refractivity contribution >= 4 is 17.7 Å². The van der Waals surface area contributed by atoms with Crippen molar-refractivity contribution in [1.82, 2.24) is 4.98 Å². The Hall–Kier alpha value is -1.82. The first kappa shape index (κ1) is 10.7. The van der Waals surface area contributed by atoms with E-state index in [0.717, 1.165) is 18.0 Å². The number of aromatic nitrogens is 1. The standard InChI is InChI=1S/C10H6FNO3S/c11-6-3-1-2-4-8(6)16-10-12-7(5-15-10)9(13)14/h1-5H,(H,13,14). The molecule has 1 N–H and O–H groups in total. The number of benzene rings is 1. The van der Waals surface area contributed by atoms with Crippen LogP contribution in [0.15, 0.2) is 45.1 Å². The SMILES string of the molecule is O=C(O)c1coc(Sc2ccccc2F)n1. The Balaban J connectivity index is 2.21. The maximum absolute atomic E-state index is 13.2. The van der Waals surface area contributed by atoms with Gasteiger partial charge < -0.3 is 9.52 Å². The molecule has 0 fully saturated rings. The smallest absolute Gasteiger partial charge is 0.357 e. The van der Waals surface area contributed by atoms with Gasteiger partial charge in [0.15, 0.2) is 5.69 Å². The number of aromatic carboxylic acids is 1. The van der Waals surface area contributed by atoms with Crippen molar-refractivity contribution in [2.24, 2.45) is 0 Å². The van der Waals surface area contributed by atoms with Crippen molar-refractivity contribution in [3.8, 4) is 0 Å². The maximum atomic E-state index is 13.2. The van der Waals surface area contributed by atoms with Crippen LogP contribution in [0.2, 0.25) is 0 Å². The molecule has 0 radical (unpaired) electrons. The van der Waals surface area contributed by atoms with Gasteiger partial charge >= 0.3 is 5.97 Å². The minimum atomic E-state index is -1.18. The van der Waals surface area contributed by atoms with E-state index in [4.69, 9.17) is 9.52 Å². The van der Waals surface area contributed by atoms with Crippen LogP contribution in [0.5, 0.6) is 0 Å². The lowest BCUT2D eigenvalue weighted by molar-refractivity contribution is 0.0690. The second-order valence-electron chi connectivity index (χ2n) is 2.84. The molecule has 0 aliphatic rings. The third-order valence-corrected chi connectivity index (χ3v) is 2.65. The number of halogens is 1. The summed E-state index contributed by atoms with van der Waals surface area (Å²) in [5.74, 6) is -1.58. The third-order valence-electron chi connectivity index (χ3n) is 1.74. The summed E-state index contributed by atoms with van der Waals surface area (Å²) in [5.41, 5.74) is -0.196. The van der Waals surface area contributed by atoms with E-state index in [9.17, 15) is 9.18 Å². The van der Waals surface area contributed by atoms with E-state index in [1.165, 1.54) is 6.07 Å². The number of carboxylic acid groups (broad SMARTS) is 1. The number of nitrogens with zero attached hydrogens (tertiary/aromatic N) is 1. The molecular formula is C10H6FNO3S. The lowest BCUT2D eigenvalue weighted by atomic mass is 10.4. The molecule has 0 aliphatic carbocycles. The minimum absolute atomic E-state index is 0.0995. The van der Waals surface area contributed by atoms with Crippen molar-refractivity contribution in [1.29, 1.82) is 0 Å². The van der Waals surface area contributed by atoms with Crippen LogP contribution in [-0.4, -0.2) is 16.1 Å². The van der Waals surface area contributed by atoms with Crippen molar-refractivity contribution in [2.45, 2.75) is 10.1 Å². The molecule has 2 rings (SSSR count). The number of rotatable bonds is 3. The maximum Gasteiger partial charge on any atom is 0.357 e. The van der Waals surface area contributed by atoms with Crippen LogP contribution in [0.1, 0.15) is 10.5 Å². The largest absolute Gasteiger partial charge is 0.476 e. The van der Waals surface area contributed by atoms with Crippen LogP contribution >= 0.6 is 11.8 Å². The normalized spacial score (nSPS) is 10.3. The predicted molar refractivity (Wildman–Crippen MR) is 54.0 cm³/mol. The monoisotopic (exact) mass is 239 g/mol. The zero-order valence-corrected chi connectivity index (χ0v) is 8.70. The quantitative estimate of drug-likeness (QED) is 0.892. The van der Waals surface area contributed by atoms with E-state index in [1.54, 1.807) is 18.2 Å². The molecule has 1 aromatic heterocycles. The van der Waals surface area contributed by atoms with Crippen LogP contribution in [0.3, 0.4) is 0 Å². The van der Waals surface area contributed by atoms with Gasteiger partial charge in [0.25, 0.3) is 5.22 Å². The molecule has 2 aromatic rings. The van der Waals surface area contributed by atoms with Crippen molar-refractivity contribution in [3.63, 3.8) is 0 Å². The van der Waals surface area contributed by atoms with Crippen LogP contribution < -0.4 is 0 Å². The van der Waals surface area contributed by atoms with Gasteiger partial charge in [-0.25, -0.2) is 9.18 Å². The highest BCUT2D eigenvalue weighted by Gasteiger charge is 2.12. The van der Waals surface area contributed by atoms with Crippen molar-refractivity contribution < 1.29 is 18.7 Å². The van der Waals surface area contributed by atoms with Gasteiger partial charge in [-0.05, 0) is 23.9 Å². The van der Waals surface area contributed by atoms with Gasteiger partial charge in [0, 0.05) is 0 Å². The molecule has 0 saturated heterocycles. The number of hydrogen-bond acceptors (Lipinski definition) is 4. The highest BCUT2D eigenvalue weighted by molar-refractivity contribution is 7.99. The first-order valence-electron chi connectivity index (χ1n) is 4.28. The fourth-order valence-electron chi connectivity index (χ4n) is 1.02. The molecule has 0 unspecified atom stereocenters. The average Bonchev–Trinajstić information content (AvgIpc) is 2.70. The van der Waals surface area contributed by atoms with Gasteiger partial charge in [0.2, 0.25) is 0 Å². The number of oxazole rings is 1. The molecule has 1 heterocycles. The topological polar surface area (TPSA) is 63.3 Å². The van der Waals surface area contributed by atoms with Gasteiger partial charge in [-0.15, -0.1) is 0 Å². The first-order valence-corrected chi connectivity index (χ1v) is 5.09. The molecule has 0 bridgehead atoms. The average molecular weight is 239 g/mol. The fourth-order valence-corrected chi connectivity index (χ4v) is 1.76. The number of hydrogen-bond donors (Lipinski definition) is 1. The van der Waals surface area contributed by atoms with Crippen LogP contribution in [0, 0.1) is 5.82 Å². The summed E-state index contributed by atoms with van der Waals surface area (Å²) in [7, 11) is 0. The van der Waals surface area contributed by atoms with E-state index < -0.39 is 11.8 Å². The van der Waals surface area contributed by atoms with E-state index >= 15 is 0 Å². The molecule has 1 aromatic carbocycles. The van der Waals surface area contributed by atoms with E-state index in [0.29, 0.717) is 4.90 Å². The number of carboxylic acids is 1. The molecule has 0 amide bonds. The van der Waals surface area contributed by atoms with E-state index in [1.807, 2.05) is 0 Å². The molecule has 82 valence electrons. The highest BCUT2D eigenvalue weighted by atomic mass is 32.2. The second-order valence-corrected chi connectivity index (χ2v) is 3.83. The lowest BCUT2D eigenvalue weighted by Gasteiger charge is -1.97. The summed E-state index contributed by atoms with van der Waals surface area (Å²) >= 11 is 0.936. The molecule has 6 heteroatoms. The minimum Gasteiger partial charge on any atom is -0.476 e. The Kier molecular flexibility index (Phi) is 2.91. The van der Waals surface area contributed by atoms with Gasteiger partial charge in [0.1, 0.15) is 12.1 Å². The fraction of sp³-hybridized carbons (Fsp3) is 0. The predicted octanol–water partition coefficient (Wildman–Crippen LogP) is 2.66. The van der Waals surface area contributed by atoms with E-state index in [-0.39, 0.29) is 10.9 Å². The lowest BCUT2D eigenvalue weighted by Crippen LogP contribution is -1.95. The number of carbonyl (C=O) groups is 1. The zero-order valence-electron chi connectivity index (χ0n) is 7.88. The second kappa shape index (κ2) is 4.36. The summed E-state index contributed by atoms with van der Waals surface area (Å²) in [5, 5.41) is 8.71. The Morgan fingerprint density at radius 1 is 1.44 bits per heavy atom. The van der Waals surface area contributed by atoms with Gasteiger partial charge in [-0.2, -0.15) is 4.98 Å². The molecule has 0 atom stereocenters. The van der Waals surface area contributed by atoms with Gasteiger partial charge in [-0.3, -0.25) is 0 Å². The molecule has 16 heavy (non-hydrogen) atoms. The molecule has 4 nitrogen and oxygen atoms in total. The van der Waals surface area contributed by atoms with Crippen LogP contribution in [0.25, 0.3) is 0 Å².